The van der Waals surface area contributed by atoms with Gasteiger partial charge in [-0.15, -0.1) is 0 Å². The lowest BCUT2D eigenvalue weighted by Crippen LogP contribution is -2.44. The third-order valence-electron chi connectivity index (χ3n) is 2.88. The van der Waals surface area contributed by atoms with E-state index in [0.717, 1.165) is 6.42 Å². The van der Waals surface area contributed by atoms with Crippen molar-refractivity contribution in [1.29, 1.82) is 5.26 Å². The molecule has 1 aromatic rings. The fourth-order valence-corrected chi connectivity index (χ4v) is 1.62. The van der Waals surface area contributed by atoms with Crippen molar-refractivity contribution in [2.24, 2.45) is 0 Å². The van der Waals surface area contributed by atoms with Crippen LogP contribution in [0.2, 0.25) is 0 Å². The molecule has 17 heavy (non-hydrogen) atoms. The fraction of sp³-hybridized carbons (Fsp3) is 0.462. The van der Waals surface area contributed by atoms with Crippen molar-refractivity contribution in [3.05, 3.63) is 29.3 Å². The second kappa shape index (κ2) is 5.17. The molecule has 1 rings (SSSR count). The monoisotopic (exact) mass is 233 g/mol. The summed E-state index contributed by atoms with van der Waals surface area (Å²) in [7, 11) is 0. The first-order valence-corrected chi connectivity index (χ1v) is 5.71. The number of nitriles is 1. The molecule has 0 bridgehead atoms. The number of hydrogen-bond acceptors (Lipinski definition) is 4. The van der Waals surface area contributed by atoms with Crippen LogP contribution >= 0.6 is 0 Å². The average molecular weight is 233 g/mol. The van der Waals surface area contributed by atoms with Crippen LogP contribution in [0.4, 0.5) is 5.69 Å². The summed E-state index contributed by atoms with van der Waals surface area (Å²) >= 11 is 0. The van der Waals surface area contributed by atoms with Gasteiger partial charge in [0.15, 0.2) is 0 Å². The van der Waals surface area contributed by atoms with Crippen LogP contribution in [0.1, 0.15) is 38.3 Å². The van der Waals surface area contributed by atoms with E-state index in [4.69, 9.17) is 11.0 Å². The highest BCUT2D eigenvalue weighted by molar-refractivity contribution is 5.55. The van der Waals surface area contributed by atoms with Crippen molar-refractivity contribution in [2.75, 3.05) is 5.73 Å². The van der Waals surface area contributed by atoms with Gasteiger partial charge in [-0.25, -0.2) is 0 Å². The molecule has 4 nitrogen and oxygen atoms in total. The minimum atomic E-state index is -1.16. The zero-order chi connectivity index (χ0) is 13.1. The Labute approximate surface area is 102 Å². The van der Waals surface area contributed by atoms with E-state index in [0.29, 0.717) is 16.8 Å². The summed E-state index contributed by atoms with van der Waals surface area (Å²) in [5.74, 6) is 0. The van der Waals surface area contributed by atoms with Gasteiger partial charge in [-0.05, 0) is 38.0 Å². The van der Waals surface area contributed by atoms with Crippen LogP contribution in [-0.4, -0.2) is 11.1 Å². The number of nitrogens with one attached hydrogen (secondary N) is 1. The molecule has 0 fully saturated rings. The smallest absolute Gasteiger partial charge is 0.139 e. The first-order valence-electron chi connectivity index (χ1n) is 5.71. The Morgan fingerprint density at radius 3 is 2.76 bits per heavy atom. The normalized spacial score (nSPS) is 15.9. The first-order chi connectivity index (χ1) is 7.90. The van der Waals surface area contributed by atoms with Crippen molar-refractivity contribution in [3.8, 4) is 6.07 Å². The third kappa shape index (κ3) is 3.19. The van der Waals surface area contributed by atoms with Crippen molar-refractivity contribution >= 4 is 5.69 Å². The van der Waals surface area contributed by atoms with Gasteiger partial charge < -0.3 is 10.8 Å². The summed E-state index contributed by atoms with van der Waals surface area (Å²) in [6.07, 6.45) is 0.913. The molecule has 0 aliphatic carbocycles. The van der Waals surface area contributed by atoms with E-state index in [-0.39, 0.29) is 6.04 Å². The lowest BCUT2D eigenvalue weighted by atomic mass is 10.00. The third-order valence-corrected chi connectivity index (χ3v) is 2.88. The molecule has 0 saturated heterocycles. The van der Waals surface area contributed by atoms with Gasteiger partial charge in [0.05, 0.1) is 5.56 Å². The Kier molecular flexibility index (Phi) is 4.11. The second-order valence-corrected chi connectivity index (χ2v) is 4.44. The Morgan fingerprint density at radius 2 is 2.24 bits per heavy atom. The molecule has 2 unspecified atom stereocenters. The maximum atomic E-state index is 10.3. The molecule has 0 aromatic heterocycles. The van der Waals surface area contributed by atoms with E-state index in [1.165, 1.54) is 0 Å². The Morgan fingerprint density at radius 1 is 1.59 bits per heavy atom. The molecular weight excluding hydrogens is 214 g/mol. The molecule has 0 saturated carbocycles. The van der Waals surface area contributed by atoms with Gasteiger partial charge in [0.25, 0.3) is 0 Å². The summed E-state index contributed by atoms with van der Waals surface area (Å²) in [6, 6.07) is 7.18. The van der Waals surface area contributed by atoms with E-state index in [1.807, 2.05) is 19.9 Å². The lowest BCUT2D eigenvalue weighted by Gasteiger charge is -2.29. The number of nitrogens with two attached hydrogens (primary N) is 1. The number of rotatable bonds is 4. The minimum Gasteiger partial charge on any atom is -0.398 e. The number of aliphatic hydroxyl groups is 1. The highest BCUT2D eigenvalue weighted by atomic mass is 16.3. The van der Waals surface area contributed by atoms with Crippen LogP contribution in [0.3, 0.4) is 0 Å². The molecule has 0 aliphatic rings. The number of nitrogen functional groups attached to an aromatic ring is 1. The minimum absolute atomic E-state index is 0.188. The van der Waals surface area contributed by atoms with Gasteiger partial charge in [-0.2, -0.15) is 5.26 Å². The van der Waals surface area contributed by atoms with Gasteiger partial charge in [-0.1, -0.05) is 13.0 Å². The Balaban J connectivity index is 3.03. The average Bonchev–Trinajstić information content (AvgIpc) is 2.28. The van der Waals surface area contributed by atoms with Gasteiger partial charge in [-0.3, -0.25) is 5.32 Å². The summed E-state index contributed by atoms with van der Waals surface area (Å²) < 4.78 is 0. The quantitative estimate of drug-likeness (QED) is 0.546. The zero-order valence-corrected chi connectivity index (χ0v) is 10.5. The van der Waals surface area contributed by atoms with Crippen molar-refractivity contribution in [1.82, 2.24) is 5.32 Å². The number of anilines is 1. The largest absolute Gasteiger partial charge is 0.398 e. The Hall–Kier alpha value is -1.57. The fourth-order valence-electron chi connectivity index (χ4n) is 1.62. The lowest BCUT2D eigenvalue weighted by molar-refractivity contribution is 0.00924. The van der Waals surface area contributed by atoms with E-state index < -0.39 is 5.72 Å². The first kappa shape index (κ1) is 13.5. The second-order valence-electron chi connectivity index (χ2n) is 4.44. The van der Waals surface area contributed by atoms with E-state index in [1.54, 1.807) is 25.1 Å². The van der Waals surface area contributed by atoms with Gasteiger partial charge >= 0.3 is 0 Å². The maximum absolute atomic E-state index is 10.3. The molecular formula is C13H19N3O. The molecule has 1 aromatic carbocycles. The topological polar surface area (TPSA) is 82.1 Å². The van der Waals surface area contributed by atoms with E-state index in [9.17, 15) is 5.11 Å². The van der Waals surface area contributed by atoms with Gasteiger partial charge in [0, 0.05) is 11.7 Å². The summed E-state index contributed by atoms with van der Waals surface area (Å²) in [5, 5.41) is 22.3. The summed E-state index contributed by atoms with van der Waals surface area (Å²) in [4.78, 5) is 0. The van der Waals surface area contributed by atoms with Crippen molar-refractivity contribution in [2.45, 2.75) is 39.0 Å². The highest BCUT2D eigenvalue weighted by Crippen LogP contribution is 2.22. The predicted octanol–water partition coefficient (Wildman–Crippen LogP) is 1.69. The predicted molar refractivity (Wildman–Crippen MR) is 68.0 cm³/mol. The molecule has 92 valence electrons. The van der Waals surface area contributed by atoms with Crippen molar-refractivity contribution in [3.63, 3.8) is 0 Å². The van der Waals surface area contributed by atoms with E-state index in [2.05, 4.69) is 5.32 Å². The zero-order valence-electron chi connectivity index (χ0n) is 10.5. The summed E-state index contributed by atoms with van der Waals surface area (Å²) in [6.45, 7) is 5.71. The van der Waals surface area contributed by atoms with Crippen LogP contribution in [0, 0.1) is 11.3 Å². The molecule has 0 aliphatic heterocycles. The SMILES string of the molecule is CCC(C)NC(C)(O)c1ccc(N)c(C#N)c1. The Bertz CT molecular complexity index is 435. The molecule has 0 radical (unpaired) electrons. The maximum Gasteiger partial charge on any atom is 0.139 e. The molecule has 0 amide bonds. The van der Waals surface area contributed by atoms with Crippen LogP contribution in [0.25, 0.3) is 0 Å². The number of benzene rings is 1. The standard InChI is InChI=1S/C13H19N3O/c1-4-9(2)16-13(3,17)11-5-6-12(15)10(7-11)8-14/h5-7,9,16-17H,4,15H2,1-3H3. The van der Waals surface area contributed by atoms with E-state index >= 15 is 0 Å². The number of nitrogens with zero attached hydrogens (tertiary/aromatic N) is 1. The van der Waals surface area contributed by atoms with Crippen LogP contribution in [-0.2, 0) is 5.72 Å². The van der Waals surface area contributed by atoms with Crippen molar-refractivity contribution < 1.29 is 5.11 Å². The molecule has 4 heteroatoms. The molecule has 2 atom stereocenters. The van der Waals surface area contributed by atoms with Crippen LogP contribution < -0.4 is 11.1 Å². The van der Waals surface area contributed by atoms with Crippen LogP contribution in [0.5, 0.6) is 0 Å². The van der Waals surface area contributed by atoms with Gasteiger partial charge in [0.2, 0.25) is 0 Å². The molecule has 4 N–H and O–H groups in total. The number of hydrogen-bond donors (Lipinski definition) is 3. The van der Waals surface area contributed by atoms with Gasteiger partial charge in [0.1, 0.15) is 11.8 Å². The molecule has 0 heterocycles. The molecule has 0 spiro atoms. The van der Waals surface area contributed by atoms with Crippen LogP contribution in [0.15, 0.2) is 18.2 Å². The highest BCUT2D eigenvalue weighted by Gasteiger charge is 2.24. The summed E-state index contributed by atoms with van der Waals surface area (Å²) in [5.41, 5.74) is 5.94.